The molecule has 1 N–H and O–H groups in total. The van der Waals surface area contributed by atoms with Gasteiger partial charge in [0, 0.05) is 15.8 Å². The molecule has 0 saturated heterocycles. The summed E-state index contributed by atoms with van der Waals surface area (Å²) in [5.41, 5.74) is 2.25. The van der Waals surface area contributed by atoms with Crippen molar-refractivity contribution in [3.8, 4) is 0 Å². The van der Waals surface area contributed by atoms with Crippen molar-refractivity contribution >= 4 is 37.8 Å². The summed E-state index contributed by atoms with van der Waals surface area (Å²) >= 11 is 6.87. The van der Waals surface area contributed by atoms with Crippen molar-refractivity contribution in [1.82, 2.24) is 5.32 Å². The minimum absolute atomic E-state index is 0.0534. The van der Waals surface area contributed by atoms with Gasteiger partial charge < -0.3 is 5.32 Å². The van der Waals surface area contributed by atoms with Crippen LogP contribution in [0.4, 0.5) is 0 Å². The van der Waals surface area contributed by atoms with Crippen molar-refractivity contribution in [2.45, 2.75) is 18.9 Å². The monoisotopic (exact) mass is 409 g/mol. The Labute approximate surface area is 142 Å². The van der Waals surface area contributed by atoms with Gasteiger partial charge in [-0.3, -0.25) is 4.79 Å². The topological polar surface area (TPSA) is 29.1 Å². The molecular weight excluding hydrogens is 394 g/mol. The van der Waals surface area contributed by atoms with Crippen molar-refractivity contribution < 1.29 is 4.79 Å². The fourth-order valence-electron chi connectivity index (χ4n) is 2.11. The average Bonchev–Trinajstić information content (AvgIpc) is 2.50. The van der Waals surface area contributed by atoms with Crippen molar-refractivity contribution in [1.29, 1.82) is 0 Å². The van der Waals surface area contributed by atoms with Crippen LogP contribution in [0.15, 0.2) is 59.1 Å². The summed E-state index contributed by atoms with van der Waals surface area (Å²) in [6, 6.07) is 18.1. The molecule has 0 saturated carbocycles. The van der Waals surface area contributed by atoms with Gasteiger partial charge in [0.15, 0.2) is 0 Å². The standard InChI is InChI=1S/C17H17Br2NO/c18-12-16(10-13-4-2-1-3-5-13)20-17(21)11-14-6-8-15(19)9-7-14/h1-9,16H,10-12H2,(H,20,21). The second-order valence-electron chi connectivity index (χ2n) is 4.91. The molecule has 1 amide bonds. The van der Waals surface area contributed by atoms with Gasteiger partial charge >= 0.3 is 0 Å². The van der Waals surface area contributed by atoms with E-state index in [1.54, 1.807) is 0 Å². The molecule has 4 heteroatoms. The molecular formula is C17H17Br2NO. The minimum Gasteiger partial charge on any atom is -0.352 e. The van der Waals surface area contributed by atoms with Crippen LogP contribution in [0.1, 0.15) is 11.1 Å². The van der Waals surface area contributed by atoms with Gasteiger partial charge in [0.05, 0.1) is 6.42 Å². The number of nitrogens with one attached hydrogen (secondary N) is 1. The first-order chi connectivity index (χ1) is 10.2. The van der Waals surface area contributed by atoms with Crippen LogP contribution in [-0.2, 0) is 17.6 Å². The van der Waals surface area contributed by atoms with Gasteiger partial charge in [-0.25, -0.2) is 0 Å². The lowest BCUT2D eigenvalue weighted by molar-refractivity contribution is -0.121. The number of alkyl halides is 1. The molecule has 0 aliphatic heterocycles. The molecule has 2 aromatic carbocycles. The highest BCUT2D eigenvalue weighted by Gasteiger charge is 2.12. The third kappa shape index (κ3) is 5.64. The maximum Gasteiger partial charge on any atom is 0.224 e. The summed E-state index contributed by atoms with van der Waals surface area (Å²) in [7, 11) is 0. The maximum atomic E-state index is 12.1. The van der Waals surface area contributed by atoms with E-state index < -0.39 is 0 Å². The number of hydrogen-bond acceptors (Lipinski definition) is 1. The summed E-state index contributed by atoms with van der Waals surface area (Å²) < 4.78 is 1.02. The summed E-state index contributed by atoms with van der Waals surface area (Å²) in [6.07, 6.45) is 1.24. The summed E-state index contributed by atoms with van der Waals surface area (Å²) in [5, 5.41) is 3.82. The van der Waals surface area contributed by atoms with Crippen LogP contribution < -0.4 is 5.32 Å². The third-order valence-corrected chi connectivity index (χ3v) is 4.46. The highest BCUT2D eigenvalue weighted by Crippen LogP contribution is 2.11. The smallest absolute Gasteiger partial charge is 0.224 e. The van der Waals surface area contributed by atoms with E-state index in [2.05, 4.69) is 49.3 Å². The lowest BCUT2D eigenvalue weighted by Crippen LogP contribution is -2.38. The first-order valence-corrected chi connectivity index (χ1v) is 8.72. The second-order valence-corrected chi connectivity index (χ2v) is 6.47. The van der Waals surface area contributed by atoms with Gasteiger partial charge in [0.1, 0.15) is 0 Å². The van der Waals surface area contributed by atoms with Crippen molar-refractivity contribution in [3.63, 3.8) is 0 Å². The summed E-state index contributed by atoms with van der Waals surface area (Å²) in [4.78, 5) is 12.1. The van der Waals surface area contributed by atoms with Gasteiger partial charge in [0.25, 0.3) is 0 Å². The normalized spacial score (nSPS) is 11.9. The van der Waals surface area contributed by atoms with Crippen LogP contribution in [0.3, 0.4) is 0 Å². The quantitative estimate of drug-likeness (QED) is 0.713. The Kier molecular flexibility index (Phi) is 6.46. The minimum atomic E-state index is 0.0534. The molecule has 0 heterocycles. The molecule has 2 rings (SSSR count). The maximum absolute atomic E-state index is 12.1. The van der Waals surface area contributed by atoms with E-state index >= 15 is 0 Å². The number of rotatable bonds is 6. The molecule has 2 nitrogen and oxygen atoms in total. The van der Waals surface area contributed by atoms with E-state index in [1.807, 2.05) is 42.5 Å². The highest BCUT2D eigenvalue weighted by atomic mass is 79.9. The van der Waals surface area contributed by atoms with Crippen LogP contribution in [0.25, 0.3) is 0 Å². The van der Waals surface area contributed by atoms with E-state index in [1.165, 1.54) is 5.56 Å². The molecule has 0 aliphatic carbocycles. The third-order valence-electron chi connectivity index (χ3n) is 3.15. The number of carbonyl (C=O) groups is 1. The summed E-state index contributed by atoms with van der Waals surface area (Å²) in [6.45, 7) is 0. The molecule has 1 atom stereocenters. The van der Waals surface area contributed by atoms with E-state index in [9.17, 15) is 4.79 Å². The Hall–Kier alpha value is -1.13. The molecule has 110 valence electrons. The van der Waals surface area contributed by atoms with Crippen molar-refractivity contribution in [2.75, 3.05) is 5.33 Å². The lowest BCUT2D eigenvalue weighted by Gasteiger charge is -2.16. The van der Waals surface area contributed by atoms with E-state index in [0.717, 1.165) is 21.8 Å². The first kappa shape index (κ1) is 16.2. The summed E-state index contributed by atoms with van der Waals surface area (Å²) in [5.74, 6) is 0.0534. The Morgan fingerprint density at radius 2 is 1.67 bits per heavy atom. The fraction of sp³-hybridized carbons (Fsp3) is 0.235. The zero-order valence-electron chi connectivity index (χ0n) is 11.6. The molecule has 2 aromatic rings. The largest absolute Gasteiger partial charge is 0.352 e. The molecule has 21 heavy (non-hydrogen) atoms. The molecule has 0 radical (unpaired) electrons. The number of hydrogen-bond donors (Lipinski definition) is 1. The van der Waals surface area contributed by atoms with Crippen LogP contribution in [0, 0.1) is 0 Å². The molecule has 0 spiro atoms. The van der Waals surface area contributed by atoms with Gasteiger partial charge in [-0.15, -0.1) is 0 Å². The van der Waals surface area contributed by atoms with E-state index in [0.29, 0.717) is 6.42 Å². The highest BCUT2D eigenvalue weighted by molar-refractivity contribution is 9.10. The Bertz CT molecular complexity index is 569. The zero-order valence-corrected chi connectivity index (χ0v) is 14.7. The molecule has 0 aromatic heterocycles. The SMILES string of the molecule is O=C(Cc1ccc(Br)cc1)NC(CBr)Cc1ccccc1. The van der Waals surface area contributed by atoms with Crippen molar-refractivity contribution in [2.24, 2.45) is 0 Å². The van der Waals surface area contributed by atoms with Gasteiger partial charge in [-0.1, -0.05) is 74.3 Å². The van der Waals surface area contributed by atoms with E-state index in [4.69, 9.17) is 0 Å². The average molecular weight is 411 g/mol. The van der Waals surface area contributed by atoms with Crippen LogP contribution in [-0.4, -0.2) is 17.3 Å². The molecule has 1 unspecified atom stereocenters. The predicted molar refractivity (Wildman–Crippen MR) is 93.7 cm³/mol. The van der Waals surface area contributed by atoms with Crippen LogP contribution in [0.2, 0.25) is 0 Å². The second kappa shape index (κ2) is 8.35. The number of carbonyl (C=O) groups excluding carboxylic acids is 1. The lowest BCUT2D eigenvalue weighted by atomic mass is 10.1. The zero-order chi connectivity index (χ0) is 15.1. The van der Waals surface area contributed by atoms with Gasteiger partial charge in [0.2, 0.25) is 5.91 Å². The van der Waals surface area contributed by atoms with Gasteiger partial charge in [-0.05, 0) is 29.7 Å². The van der Waals surface area contributed by atoms with E-state index in [-0.39, 0.29) is 11.9 Å². The Morgan fingerprint density at radius 1 is 1.00 bits per heavy atom. The van der Waals surface area contributed by atoms with Gasteiger partial charge in [-0.2, -0.15) is 0 Å². The number of amides is 1. The van der Waals surface area contributed by atoms with Crippen LogP contribution >= 0.6 is 31.9 Å². The molecule has 0 bridgehead atoms. The number of halogens is 2. The first-order valence-electron chi connectivity index (χ1n) is 6.81. The molecule has 0 fully saturated rings. The van der Waals surface area contributed by atoms with Crippen molar-refractivity contribution in [3.05, 3.63) is 70.2 Å². The predicted octanol–water partition coefficient (Wildman–Crippen LogP) is 4.11. The fourth-order valence-corrected chi connectivity index (χ4v) is 2.76. The number of benzene rings is 2. The van der Waals surface area contributed by atoms with Crippen LogP contribution in [0.5, 0.6) is 0 Å². The molecule has 0 aliphatic rings. The Morgan fingerprint density at radius 3 is 2.29 bits per heavy atom. The Balaban J connectivity index is 1.89.